The molecule has 2 aliphatic carbocycles. The molecular formula is C12H21NO2. The summed E-state index contributed by atoms with van der Waals surface area (Å²) in [5, 5.41) is 13.0. The second-order valence-corrected chi connectivity index (χ2v) is 6.03. The smallest absolute Gasteiger partial charge is 0.0685 e. The van der Waals surface area contributed by atoms with Crippen molar-refractivity contribution in [2.24, 2.45) is 11.3 Å². The molecule has 3 rings (SSSR count). The zero-order valence-electron chi connectivity index (χ0n) is 9.57. The highest BCUT2D eigenvalue weighted by molar-refractivity contribution is 5.12. The van der Waals surface area contributed by atoms with Crippen LogP contribution in [0.4, 0.5) is 0 Å². The standard InChI is InChI=1S/C12H21NO2/c1-12(2)10(9-3-4-15-11(9)12)13-7-5-8(14)6-7/h7-11,13-14H,3-6H2,1-2H3. The molecule has 3 fully saturated rings. The number of hydrogen-bond acceptors (Lipinski definition) is 3. The number of hydrogen-bond donors (Lipinski definition) is 2. The molecule has 2 saturated carbocycles. The van der Waals surface area contributed by atoms with E-state index in [2.05, 4.69) is 19.2 Å². The van der Waals surface area contributed by atoms with Crippen LogP contribution >= 0.6 is 0 Å². The first-order valence-electron chi connectivity index (χ1n) is 6.15. The van der Waals surface area contributed by atoms with Gasteiger partial charge in [0.25, 0.3) is 0 Å². The van der Waals surface area contributed by atoms with E-state index in [4.69, 9.17) is 4.74 Å². The van der Waals surface area contributed by atoms with Gasteiger partial charge in [-0.25, -0.2) is 0 Å². The maximum absolute atomic E-state index is 9.27. The van der Waals surface area contributed by atoms with Crippen LogP contribution in [0.2, 0.25) is 0 Å². The van der Waals surface area contributed by atoms with Gasteiger partial charge in [0, 0.05) is 30.0 Å². The molecule has 0 aromatic carbocycles. The van der Waals surface area contributed by atoms with Gasteiger partial charge in [0.05, 0.1) is 12.2 Å². The number of nitrogens with one attached hydrogen (secondary N) is 1. The Labute approximate surface area is 91.2 Å². The van der Waals surface area contributed by atoms with Gasteiger partial charge in [-0.15, -0.1) is 0 Å². The number of ether oxygens (including phenoxy) is 1. The Morgan fingerprint density at radius 2 is 2.07 bits per heavy atom. The second-order valence-electron chi connectivity index (χ2n) is 6.03. The number of rotatable bonds is 2. The first kappa shape index (κ1) is 10.1. The summed E-state index contributed by atoms with van der Waals surface area (Å²) in [6.07, 6.45) is 3.50. The molecule has 15 heavy (non-hydrogen) atoms. The molecule has 0 radical (unpaired) electrons. The Balaban J connectivity index is 1.61. The van der Waals surface area contributed by atoms with Crippen LogP contribution in [0.1, 0.15) is 33.1 Å². The Hall–Kier alpha value is -0.120. The Morgan fingerprint density at radius 3 is 2.73 bits per heavy atom. The van der Waals surface area contributed by atoms with E-state index in [1.165, 1.54) is 6.42 Å². The van der Waals surface area contributed by atoms with E-state index in [1.807, 2.05) is 0 Å². The normalized spacial score (nSPS) is 51.8. The van der Waals surface area contributed by atoms with Crippen molar-refractivity contribution in [3.8, 4) is 0 Å². The number of aliphatic hydroxyl groups is 1. The molecule has 0 spiro atoms. The number of fused-ring (bicyclic) bond motifs is 1. The quantitative estimate of drug-likeness (QED) is 0.713. The highest BCUT2D eigenvalue weighted by Gasteiger charge is 2.59. The molecule has 1 heterocycles. The SMILES string of the molecule is CC1(C)C(NC2CC(O)C2)C2CCOC21. The first-order chi connectivity index (χ1) is 7.09. The Morgan fingerprint density at radius 1 is 1.33 bits per heavy atom. The molecule has 0 aromatic rings. The predicted octanol–water partition coefficient (Wildman–Crippen LogP) is 0.913. The van der Waals surface area contributed by atoms with Gasteiger partial charge < -0.3 is 15.2 Å². The van der Waals surface area contributed by atoms with Crippen molar-refractivity contribution in [1.82, 2.24) is 5.32 Å². The van der Waals surface area contributed by atoms with E-state index in [0.29, 0.717) is 18.2 Å². The molecular weight excluding hydrogens is 190 g/mol. The van der Waals surface area contributed by atoms with Crippen LogP contribution in [-0.4, -0.2) is 36.0 Å². The maximum atomic E-state index is 9.27. The van der Waals surface area contributed by atoms with Gasteiger partial charge in [0.15, 0.2) is 0 Å². The van der Waals surface area contributed by atoms with Gasteiger partial charge in [0.1, 0.15) is 0 Å². The minimum absolute atomic E-state index is 0.0543. The monoisotopic (exact) mass is 211 g/mol. The van der Waals surface area contributed by atoms with Gasteiger partial charge in [-0.2, -0.15) is 0 Å². The van der Waals surface area contributed by atoms with Crippen LogP contribution < -0.4 is 5.32 Å². The molecule has 3 nitrogen and oxygen atoms in total. The van der Waals surface area contributed by atoms with Crippen molar-refractivity contribution < 1.29 is 9.84 Å². The Kier molecular flexibility index (Phi) is 2.14. The van der Waals surface area contributed by atoms with Crippen LogP contribution in [0, 0.1) is 11.3 Å². The third-order valence-corrected chi connectivity index (χ3v) is 4.63. The van der Waals surface area contributed by atoms with Crippen LogP contribution in [0.15, 0.2) is 0 Å². The lowest BCUT2D eigenvalue weighted by molar-refractivity contribution is -0.121. The molecule has 1 aliphatic heterocycles. The molecule has 3 heteroatoms. The summed E-state index contributed by atoms with van der Waals surface area (Å²) in [6, 6.07) is 1.15. The van der Waals surface area contributed by atoms with Crippen LogP contribution in [0.3, 0.4) is 0 Å². The van der Waals surface area contributed by atoms with Gasteiger partial charge in [-0.05, 0) is 19.3 Å². The van der Waals surface area contributed by atoms with Crippen molar-refractivity contribution in [2.45, 2.75) is 57.4 Å². The van der Waals surface area contributed by atoms with E-state index in [-0.39, 0.29) is 11.5 Å². The third kappa shape index (κ3) is 1.37. The highest BCUT2D eigenvalue weighted by atomic mass is 16.5. The lowest BCUT2D eigenvalue weighted by Gasteiger charge is -2.57. The molecule has 3 atom stereocenters. The minimum Gasteiger partial charge on any atom is -0.393 e. The summed E-state index contributed by atoms with van der Waals surface area (Å²) in [7, 11) is 0. The zero-order valence-corrected chi connectivity index (χ0v) is 9.57. The van der Waals surface area contributed by atoms with Crippen LogP contribution in [0.5, 0.6) is 0 Å². The van der Waals surface area contributed by atoms with Gasteiger partial charge >= 0.3 is 0 Å². The predicted molar refractivity (Wildman–Crippen MR) is 57.6 cm³/mol. The zero-order chi connectivity index (χ0) is 10.6. The molecule has 3 unspecified atom stereocenters. The van der Waals surface area contributed by atoms with E-state index >= 15 is 0 Å². The molecule has 2 N–H and O–H groups in total. The summed E-state index contributed by atoms with van der Waals surface area (Å²) in [5.74, 6) is 0.720. The van der Waals surface area contributed by atoms with Crippen LogP contribution in [-0.2, 0) is 4.74 Å². The van der Waals surface area contributed by atoms with Gasteiger partial charge in [-0.1, -0.05) is 13.8 Å². The fourth-order valence-corrected chi connectivity index (χ4v) is 3.64. The fraction of sp³-hybridized carbons (Fsp3) is 1.00. The molecule has 86 valence electrons. The maximum Gasteiger partial charge on any atom is 0.0685 e. The summed E-state index contributed by atoms with van der Waals surface area (Å²) in [5.41, 5.74) is 0.279. The van der Waals surface area contributed by atoms with E-state index in [9.17, 15) is 5.11 Å². The fourth-order valence-electron chi connectivity index (χ4n) is 3.64. The number of aliphatic hydroxyl groups excluding tert-OH is 1. The molecule has 1 saturated heterocycles. The topological polar surface area (TPSA) is 41.5 Å². The summed E-state index contributed by atoms with van der Waals surface area (Å²) < 4.78 is 5.76. The van der Waals surface area contributed by atoms with Crippen LogP contribution in [0.25, 0.3) is 0 Å². The minimum atomic E-state index is -0.0543. The molecule has 0 aromatic heterocycles. The summed E-state index contributed by atoms with van der Waals surface area (Å²) >= 11 is 0. The molecule has 0 bridgehead atoms. The lowest BCUT2D eigenvalue weighted by Crippen LogP contribution is -2.68. The largest absolute Gasteiger partial charge is 0.393 e. The first-order valence-corrected chi connectivity index (χ1v) is 6.15. The van der Waals surface area contributed by atoms with Crippen molar-refractivity contribution in [3.05, 3.63) is 0 Å². The van der Waals surface area contributed by atoms with Gasteiger partial charge in [0.2, 0.25) is 0 Å². The average Bonchev–Trinajstić information content (AvgIpc) is 2.56. The van der Waals surface area contributed by atoms with Crippen molar-refractivity contribution >= 4 is 0 Å². The van der Waals surface area contributed by atoms with Crippen molar-refractivity contribution in [3.63, 3.8) is 0 Å². The Bertz CT molecular complexity index is 260. The van der Waals surface area contributed by atoms with Crippen molar-refractivity contribution in [2.75, 3.05) is 6.61 Å². The van der Waals surface area contributed by atoms with Crippen molar-refractivity contribution in [1.29, 1.82) is 0 Å². The van der Waals surface area contributed by atoms with E-state index < -0.39 is 0 Å². The highest BCUT2D eigenvalue weighted by Crippen LogP contribution is 2.52. The molecule has 0 amide bonds. The second kappa shape index (κ2) is 3.19. The molecule has 3 aliphatic rings. The van der Waals surface area contributed by atoms with Gasteiger partial charge in [-0.3, -0.25) is 0 Å². The average molecular weight is 211 g/mol. The summed E-state index contributed by atoms with van der Waals surface area (Å²) in [4.78, 5) is 0. The summed E-state index contributed by atoms with van der Waals surface area (Å²) in [6.45, 7) is 5.53. The van der Waals surface area contributed by atoms with E-state index in [1.54, 1.807) is 0 Å². The lowest BCUT2D eigenvalue weighted by atomic mass is 9.57. The third-order valence-electron chi connectivity index (χ3n) is 4.63. The van der Waals surface area contributed by atoms with E-state index in [0.717, 1.165) is 25.4 Å².